The maximum absolute atomic E-state index is 13.1. The van der Waals surface area contributed by atoms with Crippen molar-refractivity contribution < 1.29 is 44.1 Å². The Morgan fingerprint density at radius 3 is 1.88 bits per heavy atom. The van der Waals surface area contributed by atoms with E-state index in [1.807, 2.05) is 27.7 Å². The van der Waals surface area contributed by atoms with Crippen molar-refractivity contribution in [3.63, 3.8) is 0 Å². The van der Waals surface area contributed by atoms with Gasteiger partial charge in [-0.05, 0) is 44.4 Å². The maximum atomic E-state index is 13.1. The van der Waals surface area contributed by atoms with Gasteiger partial charge in [-0.25, -0.2) is 4.79 Å². The number of hydrogen-bond acceptors (Lipinski definition) is 9. The van der Waals surface area contributed by atoms with E-state index in [4.69, 9.17) is 15.9 Å². The highest BCUT2D eigenvalue weighted by Gasteiger charge is 2.36. The van der Waals surface area contributed by atoms with Crippen LogP contribution in [0.1, 0.15) is 60.3 Å². The Morgan fingerprint density at radius 2 is 1.39 bits per heavy atom. The molecular formula is C26H46N6O9. The van der Waals surface area contributed by atoms with Crippen LogP contribution in [0.15, 0.2) is 0 Å². The fourth-order valence-electron chi connectivity index (χ4n) is 4.34. The Bertz CT molecular complexity index is 942. The second-order valence-corrected chi connectivity index (χ2v) is 11.2. The molecule has 1 heterocycles. The molecule has 0 aromatic carbocycles. The molecule has 1 aliphatic heterocycles. The molecule has 1 rings (SSSR count). The van der Waals surface area contributed by atoms with Crippen molar-refractivity contribution in [1.82, 2.24) is 26.2 Å². The first-order valence-corrected chi connectivity index (χ1v) is 13.8. The van der Waals surface area contributed by atoms with Crippen LogP contribution in [0.3, 0.4) is 0 Å². The molecule has 6 atom stereocenters. The number of nitrogens with one attached hydrogen (secondary N) is 4. The van der Waals surface area contributed by atoms with Crippen LogP contribution in [-0.4, -0.2) is 112 Å². The summed E-state index contributed by atoms with van der Waals surface area (Å²) in [6, 6.07) is -5.76. The number of carboxylic acid groups (broad SMARTS) is 1. The van der Waals surface area contributed by atoms with Gasteiger partial charge in [-0.15, -0.1) is 0 Å². The predicted molar refractivity (Wildman–Crippen MR) is 147 cm³/mol. The van der Waals surface area contributed by atoms with Gasteiger partial charge >= 0.3 is 5.97 Å². The van der Waals surface area contributed by atoms with Crippen molar-refractivity contribution in [2.45, 2.75) is 96.6 Å². The first kappa shape index (κ1) is 35.7. The number of aliphatic hydroxyl groups is 2. The van der Waals surface area contributed by atoms with Gasteiger partial charge in [-0.2, -0.15) is 0 Å². The smallest absolute Gasteiger partial charge is 0.328 e. The van der Waals surface area contributed by atoms with Crippen molar-refractivity contribution in [2.75, 3.05) is 19.7 Å². The Hall–Kier alpha value is -3.30. The predicted octanol–water partition coefficient (Wildman–Crippen LogP) is -2.57. The van der Waals surface area contributed by atoms with Crippen molar-refractivity contribution in [2.24, 2.45) is 17.6 Å². The van der Waals surface area contributed by atoms with Crippen LogP contribution in [0.5, 0.6) is 0 Å². The van der Waals surface area contributed by atoms with Crippen LogP contribution in [-0.2, 0) is 28.8 Å². The Balaban J connectivity index is 2.90. The van der Waals surface area contributed by atoms with Gasteiger partial charge in [0.05, 0.1) is 19.3 Å². The average Bonchev–Trinajstić information content (AvgIpc) is 3.38. The number of likely N-dealkylation sites (tertiary alicyclic amines) is 1. The van der Waals surface area contributed by atoms with E-state index < -0.39 is 85.0 Å². The number of nitrogens with zero attached hydrogens (tertiary/aromatic N) is 1. The molecule has 234 valence electrons. The quantitative estimate of drug-likeness (QED) is 0.0939. The number of carbonyl (C=O) groups is 6. The standard InChI is InChI=1S/C26H46N6O9/c1-13(2)9-16(29-23(37)17(10-14(3)4)30-25(39)21(27)15(5)34)22(36)28-11-20(35)32-8-6-7-19(32)24(38)31-18(12-33)26(40)41/h13-19,21,33-34H,6-12,27H2,1-5H3,(H,28,36)(H,29,37)(H,30,39)(H,31,38)(H,40,41)/t15-,16+,17+,18+,19+,21+/m1/s1. The highest BCUT2D eigenvalue weighted by molar-refractivity contribution is 5.95. The number of nitrogens with two attached hydrogens (primary N) is 1. The summed E-state index contributed by atoms with van der Waals surface area (Å²) in [6.07, 6.45) is 0.118. The van der Waals surface area contributed by atoms with E-state index in [1.54, 1.807) is 0 Å². The van der Waals surface area contributed by atoms with Crippen LogP contribution in [0.2, 0.25) is 0 Å². The largest absolute Gasteiger partial charge is 0.480 e. The fraction of sp³-hybridized carbons (Fsp3) is 0.769. The molecule has 9 N–H and O–H groups in total. The van der Waals surface area contributed by atoms with Crippen molar-refractivity contribution >= 4 is 35.5 Å². The average molecular weight is 587 g/mol. The van der Waals surface area contributed by atoms with E-state index in [-0.39, 0.29) is 37.6 Å². The third kappa shape index (κ3) is 11.6. The molecule has 0 aliphatic carbocycles. The van der Waals surface area contributed by atoms with Crippen molar-refractivity contribution in [3.05, 3.63) is 0 Å². The summed E-state index contributed by atoms with van der Waals surface area (Å²) in [5.41, 5.74) is 5.69. The lowest BCUT2D eigenvalue weighted by Crippen LogP contribution is -2.58. The van der Waals surface area contributed by atoms with Gasteiger partial charge in [0.2, 0.25) is 29.5 Å². The zero-order valence-electron chi connectivity index (χ0n) is 24.4. The first-order valence-electron chi connectivity index (χ1n) is 13.8. The van der Waals surface area contributed by atoms with Gasteiger partial charge < -0.3 is 47.2 Å². The minimum absolute atomic E-state index is 0.00224. The molecule has 0 bridgehead atoms. The zero-order valence-corrected chi connectivity index (χ0v) is 24.4. The lowest BCUT2D eigenvalue weighted by atomic mass is 9.99. The molecule has 0 aromatic rings. The van der Waals surface area contributed by atoms with E-state index in [2.05, 4.69) is 21.3 Å². The molecule has 5 amide bonds. The number of carboxylic acids is 1. The minimum atomic E-state index is -1.51. The van der Waals surface area contributed by atoms with E-state index in [0.29, 0.717) is 6.42 Å². The molecule has 15 nitrogen and oxygen atoms in total. The highest BCUT2D eigenvalue weighted by atomic mass is 16.4. The summed E-state index contributed by atoms with van der Waals surface area (Å²) < 4.78 is 0. The lowest BCUT2D eigenvalue weighted by molar-refractivity contribution is -0.145. The third-order valence-corrected chi connectivity index (χ3v) is 6.59. The van der Waals surface area contributed by atoms with E-state index in [0.717, 1.165) is 0 Å². The number of carbonyl (C=O) groups excluding carboxylic acids is 5. The number of aliphatic carboxylic acids is 1. The normalized spacial score (nSPS) is 18.7. The van der Waals surface area contributed by atoms with Crippen molar-refractivity contribution in [3.8, 4) is 0 Å². The molecule has 1 saturated heterocycles. The van der Waals surface area contributed by atoms with Gasteiger partial charge in [0.1, 0.15) is 30.2 Å². The molecule has 0 unspecified atom stereocenters. The van der Waals surface area contributed by atoms with E-state index >= 15 is 0 Å². The Labute approximate surface area is 240 Å². The topological polar surface area (TPSA) is 240 Å². The molecule has 0 aromatic heterocycles. The molecule has 15 heteroatoms. The number of amides is 5. The fourth-order valence-corrected chi connectivity index (χ4v) is 4.34. The highest BCUT2D eigenvalue weighted by Crippen LogP contribution is 2.18. The summed E-state index contributed by atoms with van der Waals surface area (Å²) in [7, 11) is 0. The Kier molecular flexibility index (Phi) is 14.7. The monoisotopic (exact) mass is 586 g/mol. The van der Waals surface area contributed by atoms with Crippen molar-refractivity contribution in [1.29, 1.82) is 0 Å². The van der Waals surface area contributed by atoms with Gasteiger partial charge in [0.25, 0.3) is 0 Å². The van der Waals surface area contributed by atoms with Crippen LogP contribution in [0.25, 0.3) is 0 Å². The first-order chi connectivity index (χ1) is 19.1. The van der Waals surface area contributed by atoms with Gasteiger partial charge in [0.15, 0.2) is 0 Å². The SMILES string of the molecule is CC(C)C[C@H](NC(=O)[C@H](CC(C)C)NC(=O)[C@@H](N)[C@@H](C)O)C(=O)NCC(=O)N1CCC[C@H]1C(=O)N[C@@H](CO)C(=O)O. The third-order valence-electron chi connectivity index (χ3n) is 6.59. The molecule has 41 heavy (non-hydrogen) atoms. The summed E-state index contributed by atoms with van der Waals surface area (Å²) in [6.45, 7) is 7.69. The Morgan fingerprint density at radius 1 is 0.854 bits per heavy atom. The van der Waals surface area contributed by atoms with Gasteiger partial charge in [0, 0.05) is 6.54 Å². The second-order valence-electron chi connectivity index (χ2n) is 11.2. The maximum Gasteiger partial charge on any atom is 0.328 e. The molecule has 0 saturated carbocycles. The molecule has 1 fully saturated rings. The molecule has 1 aliphatic rings. The van der Waals surface area contributed by atoms with Crippen LogP contribution in [0.4, 0.5) is 0 Å². The summed E-state index contributed by atoms with van der Waals surface area (Å²) in [5.74, 6) is -4.70. The molecule has 0 radical (unpaired) electrons. The van der Waals surface area contributed by atoms with E-state index in [1.165, 1.54) is 11.8 Å². The molecular weight excluding hydrogens is 540 g/mol. The summed E-state index contributed by atoms with van der Waals surface area (Å²) in [4.78, 5) is 76.4. The summed E-state index contributed by atoms with van der Waals surface area (Å²) in [5, 5.41) is 37.7. The minimum Gasteiger partial charge on any atom is -0.480 e. The lowest BCUT2D eigenvalue weighted by Gasteiger charge is -2.27. The van der Waals surface area contributed by atoms with Gasteiger partial charge in [-0.3, -0.25) is 24.0 Å². The number of rotatable bonds is 16. The van der Waals surface area contributed by atoms with Crippen LogP contribution >= 0.6 is 0 Å². The number of aliphatic hydroxyl groups excluding tert-OH is 2. The number of hydrogen-bond donors (Lipinski definition) is 8. The summed E-state index contributed by atoms with van der Waals surface area (Å²) >= 11 is 0. The van der Waals surface area contributed by atoms with Crippen LogP contribution in [0, 0.1) is 11.8 Å². The second kappa shape index (κ2) is 16.8. The van der Waals surface area contributed by atoms with E-state index in [9.17, 15) is 33.9 Å². The van der Waals surface area contributed by atoms with Crippen LogP contribution < -0.4 is 27.0 Å². The van der Waals surface area contributed by atoms with Gasteiger partial charge in [-0.1, -0.05) is 27.7 Å². The molecule has 0 spiro atoms. The zero-order chi connectivity index (χ0) is 31.4.